The summed E-state index contributed by atoms with van der Waals surface area (Å²) in [5.41, 5.74) is 26.7. The summed E-state index contributed by atoms with van der Waals surface area (Å²) >= 11 is 0. The number of para-hydroxylation sites is 7. The number of anilines is 6. The lowest BCUT2D eigenvalue weighted by Gasteiger charge is -2.44. The van der Waals surface area contributed by atoms with Gasteiger partial charge < -0.3 is 18.9 Å². The van der Waals surface area contributed by atoms with Crippen molar-refractivity contribution in [3.8, 4) is 78.9 Å². The summed E-state index contributed by atoms with van der Waals surface area (Å²) in [6.45, 7) is 0.0810. The third-order valence-corrected chi connectivity index (χ3v) is 19.3. The van der Waals surface area contributed by atoms with E-state index < -0.39 is 0 Å². The van der Waals surface area contributed by atoms with Crippen molar-refractivity contribution in [1.29, 1.82) is 0 Å². The maximum atomic E-state index is 5.44. The fraction of sp³-hybridized carbons (Fsp3) is 0. The average Bonchev–Trinajstić information content (AvgIpc) is 1.42. The van der Waals surface area contributed by atoms with Crippen molar-refractivity contribution in [2.75, 3.05) is 9.80 Å². The lowest BCUT2D eigenvalue weighted by atomic mass is 9.33. The van der Waals surface area contributed by atoms with Crippen LogP contribution in [0.4, 0.5) is 34.1 Å². The molecule has 0 aliphatic carbocycles. The van der Waals surface area contributed by atoms with Gasteiger partial charge in [0, 0.05) is 83.6 Å². The second kappa shape index (κ2) is 22.0. The van der Waals surface area contributed by atoms with E-state index in [-0.39, 0.29) is 6.71 Å². The maximum Gasteiger partial charge on any atom is 0.252 e. The van der Waals surface area contributed by atoms with Crippen molar-refractivity contribution in [1.82, 2.24) is 24.1 Å². The van der Waals surface area contributed by atoms with Crippen LogP contribution in [0.25, 0.3) is 123 Å². The van der Waals surface area contributed by atoms with Crippen molar-refractivity contribution in [3.05, 3.63) is 340 Å². The highest BCUT2D eigenvalue weighted by Gasteiger charge is 2.43. The molecule has 0 atom stereocenters. The van der Waals surface area contributed by atoms with Crippen LogP contribution in [0.15, 0.2) is 340 Å². The standard InChI is InChI=1S/C87H56BN7/c1-5-25-58(26-6-1)85-89-86(59-27-7-2-8-28-59)91-87(90-85)70-40-23-39-67(84(70)95-76-44-18-14-38-69(76)72-55-71-68-37-13-17-43-75(68)92(81(71)56-82(72)95)64-33-9-3-10-34-64)63-32-22-31-62(54-63)61-30-21-29-60(53-61)57-49-51-66(52-50-57)94-78-46-20-16-42-74(78)88-73-41-15-19-45-77(73)93(65-35-11-4-12-36-65)79-47-24-48-80(94)83(79)88/h1-56H. The molecule has 95 heavy (non-hydrogen) atoms. The smallest absolute Gasteiger partial charge is 0.252 e. The van der Waals surface area contributed by atoms with Gasteiger partial charge in [-0.15, -0.1) is 0 Å². The maximum absolute atomic E-state index is 5.44. The van der Waals surface area contributed by atoms with E-state index in [2.05, 4.69) is 322 Å². The van der Waals surface area contributed by atoms with Crippen LogP contribution in [0.3, 0.4) is 0 Å². The predicted molar refractivity (Wildman–Crippen MR) is 395 cm³/mol. The minimum absolute atomic E-state index is 0.0810. The Kier molecular flexibility index (Phi) is 12.6. The number of aromatic nitrogens is 5. The zero-order valence-electron chi connectivity index (χ0n) is 51.5. The summed E-state index contributed by atoms with van der Waals surface area (Å²) in [6, 6.07) is 123. The second-order valence-electron chi connectivity index (χ2n) is 24.6. The fourth-order valence-electron chi connectivity index (χ4n) is 15.2. The molecule has 0 N–H and O–H groups in total. The van der Waals surface area contributed by atoms with E-state index in [4.69, 9.17) is 15.0 Å². The first kappa shape index (κ1) is 54.1. The van der Waals surface area contributed by atoms with E-state index in [1.807, 2.05) is 36.4 Å². The summed E-state index contributed by atoms with van der Waals surface area (Å²) in [6.07, 6.45) is 0. The van der Waals surface area contributed by atoms with Gasteiger partial charge in [0.2, 0.25) is 0 Å². The van der Waals surface area contributed by atoms with Gasteiger partial charge in [-0.25, -0.2) is 15.0 Å². The number of hydrogen-bond acceptors (Lipinski definition) is 5. The normalized spacial score (nSPS) is 12.4. The second-order valence-corrected chi connectivity index (χ2v) is 24.6. The molecule has 442 valence electrons. The van der Waals surface area contributed by atoms with Crippen LogP contribution in [0.5, 0.6) is 0 Å². The lowest BCUT2D eigenvalue weighted by molar-refractivity contribution is 1.06. The van der Waals surface area contributed by atoms with Crippen LogP contribution in [-0.4, -0.2) is 30.8 Å². The first-order valence-corrected chi connectivity index (χ1v) is 32.4. The van der Waals surface area contributed by atoms with E-state index >= 15 is 0 Å². The summed E-state index contributed by atoms with van der Waals surface area (Å²) in [7, 11) is 0. The fourth-order valence-corrected chi connectivity index (χ4v) is 15.2. The minimum Gasteiger partial charge on any atom is -0.311 e. The van der Waals surface area contributed by atoms with Gasteiger partial charge in [0.1, 0.15) is 0 Å². The molecule has 19 rings (SSSR count). The van der Waals surface area contributed by atoms with E-state index in [0.717, 1.165) is 106 Å². The Morgan fingerprint density at radius 3 is 1.24 bits per heavy atom. The number of benzene rings is 14. The molecule has 7 nitrogen and oxygen atoms in total. The van der Waals surface area contributed by atoms with Crippen molar-refractivity contribution in [2.45, 2.75) is 0 Å². The molecule has 8 heteroatoms. The zero-order chi connectivity index (χ0) is 62.5. The van der Waals surface area contributed by atoms with E-state index in [0.29, 0.717) is 17.5 Å². The molecule has 0 radical (unpaired) electrons. The molecular weight excluding hydrogens is 1150 g/mol. The first-order chi connectivity index (χ1) is 47.1. The van der Waals surface area contributed by atoms with Crippen LogP contribution >= 0.6 is 0 Å². The van der Waals surface area contributed by atoms with Gasteiger partial charge >= 0.3 is 0 Å². The highest BCUT2D eigenvalue weighted by molar-refractivity contribution is 7.00. The minimum atomic E-state index is 0.0810. The molecule has 14 aromatic carbocycles. The van der Waals surface area contributed by atoms with Gasteiger partial charge in [-0.05, 0) is 147 Å². The molecule has 3 aromatic heterocycles. The third kappa shape index (κ3) is 8.79. The summed E-state index contributed by atoms with van der Waals surface area (Å²) in [5, 5.41) is 4.71. The largest absolute Gasteiger partial charge is 0.311 e. The predicted octanol–water partition coefficient (Wildman–Crippen LogP) is 20.2. The zero-order valence-corrected chi connectivity index (χ0v) is 51.5. The lowest BCUT2D eigenvalue weighted by Crippen LogP contribution is -2.61. The first-order valence-electron chi connectivity index (χ1n) is 32.4. The molecule has 0 saturated carbocycles. The third-order valence-electron chi connectivity index (χ3n) is 19.3. The number of fused-ring (bicyclic) bond motifs is 10. The topological polar surface area (TPSA) is 55.0 Å². The number of hydrogen-bond donors (Lipinski definition) is 0. The SMILES string of the molecule is c1ccc(-c2nc(-c3ccccc3)nc(-c3cccc(-c4cccc(-c5cccc(-c6ccc(N7c8ccccc8B8c9ccccc9N(c9ccccc9)c9cccc7c98)cc6)c5)c4)c3-n3c4ccccc4c4cc5c6ccccc6n(-c6ccccc6)c5cc43)n2)cc1. The van der Waals surface area contributed by atoms with Crippen molar-refractivity contribution in [3.63, 3.8) is 0 Å². The van der Waals surface area contributed by atoms with Gasteiger partial charge in [-0.3, -0.25) is 0 Å². The van der Waals surface area contributed by atoms with Crippen LogP contribution in [-0.2, 0) is 0 Å². The van der Waals surface area contributed by atoms with Crippen LogP contribution in [0, 0.1) is 0 Å². The van der Waals surface area contributed by atoms with Gasteiger partial charge in [0.25, 0.3) is 6.71 Å². The quantitative estimate of drug-likeness (QED) is 0.128. The molecule has 2 aliphatic rings. The molecule has 0 spiro atoms. The summed E-state index contributed by atoms with van der Waals surface area (Å²) in [5.74, 6) is 1.78. The van der Waals surface area contributed by atoms with E-state index in [1.165, 1.54) is 49.9 Å². The molecule has 5 heterocycles. The van der Waals surface area contributed by atoms with E-state index in [9.17, 15) is 0 Å². The van der Waals surface area contributed by atoms with Crippen molar-refractivity contribution < 1.29 is 0 Å². The molecule has 17 aromatic rings. The molecule has 0 fully saturated rings. The Morgan fingerprint density at radius 2 is 0.642 bits per heavy atom. The van der Waals surface area contributed by atoms with Crippen molar-refractivity contribution in [2.24, 2.45) is 0 Å². The van der Waals surface area contributed by atoms with E-state index in [1.54, 1.807) is 0 Å². The average molecular weight is 1210 g/mol. The van der Waals surface area contributed by atoms with Crippen molar-refractivity contribution >= 4 is 101 Å². The van der Waals surface area contributed by atoms with Crippen LogP contribution < -0.4 is 26.2 Å². The van der Waals surface area contributed by atoms with Gasteiger partial charge in [0.15, 0.2) is 17.5 Å². The summed E-state index contributed by atoms with van der Waals surface area (Å²) < 4.78 is 4.88. The molecule has 0 saturated heterocycles. The Hall–Kier alpha value is -12.6. The Morgan fingerprint density at radius 1 is 0.232 bits per heavy atom. The molecule has 0 unspecified atom stereocenters. The molecule has 0 amide bonds. The van der Waals surface area contributed by atoms with Gasteiger partial charge in [-0.1, -0.05) is 237 Å². The number of nitrogens with zero attached hydrogens (tertiary/aromatic N) is 7. The summed E-state index contributed by atoms with van der Waals surface area (Å²) in [4.78, 5) is 21.0. The highest BCUT2D eigenvalue weighted by Crippen LogP contribution is 2.47. The molecule has 0 bridgehead atoms. The highest BCUT2D eigenvalue weighted by atomic mass is 15.2. The molecular formula is C87H56BN7. The van der Waals surface area contributed by atoms with Gasteiger partial charge in [-0.2, -0.15) is 0 Å². The Balaban J connectivity index is 0.760. The Bertz CT molecular complexity index is 5810. The van der Waals surface area contributed by atoms with Crippen LogP contribution in [0.1, 0.15) is 0 Å². The van der Waals surface area contributed by atoms with Crippen LogP contribution in [0.2, 0.25) is 0 Å². The monoisotopic (exact) mass is 1210 g/mol. The number of rotatable bonds is 10. The molecule has 2 aliphatic heterocycles. The Labute approximate surface area is 550 Å². The van der Waals surface area contributed by atoms with Gasteiger partial charge in [0.05, 0.1) is 27.8 Å².